The van der Waals surface area contributed by atoms with Crippen LogP contribution < -0.4 is 5.32 Å². The third-order valence-electron chi connectivity index (χ3n) is 3.47. The molecule has 0 aliphatic heterocycles. The van der Waals surface area contributed by atoms with Gasteiger partial charge in [-0.25, -0.2) is 0 Å². The molecule has 1 aromatic carbocycles. The van der Waals surface area contributed by atoms with E-state index >= 15 is 0 Å². The van der Waals surface area contributed by atoms with E-state index in [-0.39, 0.29) is 29.3 Å². The lowest BCUT2D eigenvalue weighted by Gasteiger charge is -2.16. The van der Waals surface area contributed by atoms with Gasteiger partial charge < -0.3 is 19.4 Å². The summed E-state index contributed by atoms with van der Waals surface area (Å²) in [5, 5.41) is 11.5. The minimum absolute atomic E-state index is 0.00770. The van der Waals surface area contributed by atoms with Gasteiger partial charge in [0.25, 0.3) is 5.22 Å². The van der Waals surface area contributed by atoms with E-state index < -0.39 is 0 Å². The molecular weight excluding hydrogens is 392 g/mol. The molecule has 0 saturated carbocycles. The van der Waals surface area contributed by atoms with Crippen LogP contribution in [0.1, 0.15) is 6.42 Å². The average molecular weight is 413 g/mol. The number of likely N-dealkylation sites (N-methyl/N-ethyl adjacent to an activating group) is 1. The van der Waals surface area contributed by atoms with Gasteiger partial charge in [-0.1, -0.05) is 23.4 Å². The summed E-state index contributed by atoms with van der Waals surface area (Å²) in [5.74, 6) is 0.0221. The molecule has 2 amide bonds. The Labute approximate surface area is 166 Å². The molecule has 1 N–H and O–H groups in total. The summed E-state index contributed by atoms with van der Waals surface area (Å²) in [6, 6.07) is 7.00. The molecule has 146 valence electrons. The molecule has 2 rings (SSSR count). The molecule has 27 heavy (non-hydrogen) atoms. The van der Waals surface area contributed by atoms with Crippen LogP contribution in [-0.2, 0) is 14.3 Å². The fraction of sp³-hybridized carbons (Fsp3) is 0.412. The van der Waals surface area contributed by atoms with Gasteiger partial charge in [0.15, 0.2) is 0 Å². The smallest absolute Gasteiger partial charge is 0.277 e. The van der Waals surface area contributed by atoms with E-state index in [4.69, 9.17) is 20.8 Å². The minimum Gasteiger partial charge on any atom is -0.411 e. The topological polar surface area (TPSA) is 97.6 Å². The van der Waals surface area contributed by atoms with Crippen LogP contribution in [0.2, 0.25) is 5.02 Å². The van der Waals surface area contributed by atoms with E-state index in [1.807, 2.05) is 0 Å². The third-order valence-corrected chi connectivity index (χ3v) is 4.53. The number of benzene rings is 1. The fourth-order valence-corrected chi connectivity index (χ4v) is 2.84. The van der Waals surface area contributed by atoms with E-state index in [2.05, 4.69) is 15.5 Å². The fourth-order valence-electron chi connectivity index (χ4n) is 2.01. The maximum Gasteiger partial charge on any atom is 0.277 e. The molecule has 1 aromatic heterocycles. The summed E-state index contributed by atoms with van der Waals surface area (Å²) in [6.07, 6.45) is 0.725. The van der Waals surface area contributed by atoms with Gasteiger partial charge >= 0.3 is 0 Å². The van der Waals surface area contributed by atoms with Gasteiger partial charge in [0.2, 0.25) is 17.7 Å². The minimum atomic E-state index is -0.213. The Hall–Kier alpha value is -2.10. The second-order valence-corrected chi connectivity index (χ2v) is 6.98. The van der Waals surface area contributed by atoms with Crippen molar-refractivity contribution in [2.75, 3.05) is 39.6 Å². The lowest BCUT2D eigenvalue weighted by molar-refractivity contribution is -0.132. The number of methoxy groups -OCH3 is 1. The molecule has 0 unspecified atom stereocenters. The Morgan fingerprint density at radius 1 is 1.30 bits per heavy atom. The van der Waals surface area contributed by atoms with Crippen molar-refractivity contribution < 1.29 is 18.7 Å². The molecule has 0 aliphatic rings. The Morgan fingerprint density at radius 2 is 2.04 bits per heavy atom. The number of hydrogen-bond acceptors (Lipinski definition) is 7. The first-order valence-corrected chi connectivity index (χ1v) is 9.58. The van der Waals surface area contributed by atoms with Crippen LogP contribution in [-0.4, -0.2) is 66.5 Å². The molecule has 0 aliphatic carbocycles. The van der Waals surface area contributed by atoms with Crippen LogP contribution in [0.4, 0.5) is 0 Å². The number of rotatable bonds is 10. The van der Waals surface area contributed by atoms with Gasteiger partial charge in [-0.15, -0.1) is 10.2 Å². The molecule has 10 heteroatoms. The molecular formula is C17H21ClN4O4S. The monoisotopic (exact) mass is 412 g/mol. The summed E-state index contributed by atoms with van der Waals surface area (Å²) in [4.78, 5) is 25.3. The first kappa shape index (κ1) is 21.2. The number of nitrogens with one attached hydrogen (secondary N) is 1. The maximum atomic E-state index is 12.1. The van der Waals surface area contributed by atoms with Crippen LogP contribution in [0.5, 0.6) is 0 Å². The van der Waals surface area contributed by atoms with Crippen molar-refractivity contribution in [2.24, 2.45) is 0 Å². The van der Waals surface area contributed by atoms with Gasteiger partial charge in [-0.2, -0.15) is 0 Å². The number of hydrogen-bond donors (Lipinski definition) is 1. The van der Waals surface area contributed by atoms with E-state index in [0.29, 0.717) is 24.1 Å². The molecule has 0 radical (unpaired) electrons. The molecule has 0 atom stereocenters. The Bertz CT molecular complexity index is 754. The van der Waals surface area contributed by atoms with Gasteiger partial charge in [0.05, 0.1) is 12.3 Å². The lowest BCUT2D eigenvalue weighted by atomic mass is 10.2. The maximum absolute atomic E-state index is 12.1. The molecule has 1 heterocycles. The predicted octanol–water partition coefficient (Wildman–Crippen LogP) is 2.09. The highest BCUT2D eigenvalue weighted by molar-refractivity contribution is 7.99. The van der Waals surface area contributed by atoms with Gasteiger partial charge in [-0.05, 0) is 30.7 Å². The summed E-state index contributed by atoms with van der Waals surface area (Å²) in [5.41, 5.74) is 0.743. The zero-order valence-electron chi connectivity index (χ0n) is 15.1. The number of ether oxygens (including phenoxy) is 1. The van der Waals surface area contributed by atoms with Crippen molar-refractivity contribution in [3.8, 4) is 11.5 Å². The molecule has 0 fully saturated rings. The third kappa shape index (κ3) is 7.20. The van der Waals surface area contributed by atoms with Crippen molar-refractivity contribution in [1.82, 2.24) is 20.4 Å². The van der Waals surface area contributed by atoms with E-state index in [9.17, 15) is 9.59 Å². The van der Waals surface area contributed by atoms with E-state index in [0.717, 1.165) is 23.7 Å². The van der Waals surface area contributed by atoms with Gasteiger partial charge in [0.1, 0.15) is 0 Å². The second-order valence-electron chi connectivity index (χ2n) is 5.61. The van der Waals surface area contributed by atoms with Crippen LogP contribution in [0.15, 0.2) is 33.9 Å². The molecule has 0 spiro atoms. The van der Waals surface area contributed by atoms with Crippen LogP contribution in [0.25, 0.3) is 11.5 Å². The van der Waals surface area contributed by atoms with Crippen LogP contribution in [0.3, 0.4) is 0 Å². The zero-order valence-corrected chi connectivity index (χ0v) is 16.7. The highest BCUT2D eigenvalue weighted by atomic mass is 35.5. The highest BCUT2D eigenvalue weighted by Gasteiger charge is 2.15. The number of carbonyl (C=O) groups excluding carboxylic acids is 2. The van der Waals surface area contributed by atoms with E-state index in [1.54, 1.807) is 38.4 Å². The van der Waals surface area contributed by atoms with Crippen molar-refractivity contribution in [2.45, 2.75) is 11.6 Å². The van der Waals surface area contributed by atoms with Crippen molar-refractivity contribution in [1.29, 1.82) is 0 Å². The van der Waals surface area contributed by atoms with Gasteiger partial charge in [0, 0.05) is 37.9 Å². The number of thioether (sulfide) groups is 1. The van der Waals surface area contributed by atoms with Gasteiger partial charge in [-0.3, -0.25) is 9.59 Å². The number of aromatic nitrogens is 2. The molecule has 0 saturated heterocycles. The SMILES string of the molecule is COCCCNC(=O)CN(C)C(=O)CSc1nnc(-c2ccc(Cl)cc2)o1. The molecule has 0 bridgehead atoms. The normalized spacial score (nSPS) is 10.6. The number of halogens is 1. The van der Waals surface area contributed by atoms with Crippen molar-refractivity contribution in [3.63, 3.8) is 0 Å². The molecule has 8 nitrogen and oxygen atoms in total. The largest absolute Gasteiger partial charge is 0.411 e. The Morgan fingerprint density at radius 3 is 2.74 bits per heavy atom. The standard InChI is InChI=1S/C17H21ClN4O4S/c1-22(10-14(23)19-8-3-9-25-2)15(24)11-27-17-21-20-16(26-17)12-4-6-13(18)7-5-12/h4-7H,3,8-11H2,1-2H3,(H,19,23). The summed E-state index contributed by atoms with van der Waals surface area (Å²) in [6.45, 7) is 1.08. The second kappa shape index (κ2) is 10.9. The number of amides is 2. The number of nitrogens with zero attached hydrogens (tertiary/aromatic N) is 3. The van der Waals surface area contributed by atoms with Crippen molar-refractivity contribution in [3.05, 3.63) is 29.3 Å². The highest BCUT2D eigenvalue weighted by Crippen LogP contribution is 2.24. The summed E-state index contributed by atoms with van der Waals surface area (Å²) < 4.78 is 10.4. The first-order valence-electron chi connectivity index (χ1n) is 8.21. The Kier molecular flexibility index (Phi) is 8.56. The van der Waals surface area contributed by atoms with E-state index in [1.165, 1.54) is 4.90 Å². The van der Waals surface area contributed by atoms with Crippen molar-refractivity contribution >= 4 is 35.2 Å². The van der Waals surface area contributed by atoms with Crippen LogP contribution >= 0.6 is 23.4 Å². The summed E-state index contributed by atoms with van der Waals surface area (Å²) in [7, 11) is 3.18. The van der Waals surface area contributed by atoms with Crippen LogP contribution in [0, 0.1) is 0 Å². The summed E-state index contributed by atoms with van der Waals surface area (Å²) >= 11 is 6.97. The first-order chi connectivity index (χ1) is 13.0. The Balaban J connectivity index is 1.76. The molecule has 2 aromatic rings. The predicted molar refractivity (Wildman–Crippen MR) is 103 cm³/mol. The quantitative estimate of drug-likeness (QED) is 0.471. The number of carbonyl (C=O) groups is 2. The lowest BCUT2D eigenvalue weighted by Crippen LogP contribution is -2.39. The average Bonchev–Trinajstić information content (AvgIpc) is 3.13. The zero-order chi connectivity index (χ0) is 19.6.